The fourth-order valence-electron chi connectivity index (χ4n) is 1.55. The Bertz CT molecular complexity index is 345. The minimum absolute atomic E-state index is 0.159. The molecule has 6 nitrogen and oxygen atoms in total. The minimum Gasteiger partial charge on any atom is -0.396 e. The molecule has 0 aliphatic heterocycles. The third kappa shape index (κ3) is 4.44. The summed E-state index contributed by atoms with van der Waals surface area (Å²) in [5.41, 5.74) is 5.63. The molecule has 0 fully saturated rings. The van der Waals surface area contributed by atoms with Gasteiger partial charge >= 0.3 is 0 Å². The van der Waals surface area contributed by atoms with E-state index >= 15 is 0 Å². The van der Waals surface area contributed by atoms with Crippen LogP contribution in [0.25, 0.3) is 0 Å². The summed E-state index contributed by atoms with van der Waals surface area (Å²) in [7, 11) is 0. The first-order valence-electron chi connectivity index (χ1n) is 5.95. The van der Waals surface area contributed by atoms with Crippen LogP contribution < -0.4 is 16.4 Å². The minimum atomic E-state index is 0.159. The molecule has 1 heterocycles. The number of aromatic nitrogens is 2. The Morgan fingerprint density at radius 1 is 1.35 bits per heavy atom. The second-order valence-electron chi connectivity index (χ2n) is 3.79. The van der Waals surface area contributed by atoms with Gasteiger partial charge in [-0.2, -0.15) is 9.97 Å². The van der Waals surface area contributed by atoms with Gasteiger partial charge in [-0.1, -0.05) is 6.92 Å². The predicted octanol–water partition coefficient (Wildman–Crippen LogP) is 1.06. The number of nitrogens with zero attached hydrogens (tertiary/aromatic N) is 2. The SMILES string of the molecule is CCNc1cc(NC(CC)CCO)nc(N)n1. The van der Waals surface area contributed by atoms with Crippen molar-refractivity contribution in [1.82, 2.24) is 9.97 Å². The Balaban J connectivity index is 2.75. The van der Waals surface area contributed by atoms with Gasteiger partial charge in [0.1, 0.15) is 11.6 Å². The normalized spacial score (nSPS) is 12.2. The zero-order valence-electron chi connectivity index (χ0n) is 10.4. The van der Waals surface area contributed by atoms with Crippen LogP contribution in [0.3, 0.4) is 0 Å². The van der Waals surface area contributed by atoms with Gasteiger partial charge in [0.15, 0.2) is 0 Å². The topological polar surface area (TPSA) is 96.1 Å². The van der Waals surface area contributed by atoms with Crippen molar-refractivity contribution in [1.29, 1.82) is 0 Å². The van der Waals surface area contributed by atoms with Crippen molar-refractivity contribution in [3.8, 4) is 0 Å². The van der Waals surface area contributed by atoms with Crippen molar-refractivity contribution in [3.05, 3.63) is 6.07 Å². The molecule has 0 radical (unpaired) electrons. The molecule has 1 aromatic rings. The van der Waals surface area contributed by atoms with E-state index in [4.69, 9.17) is 10.8 Å². The predicted molar refractivity (Wildman–Crippen MR) is 70.0 cm³/mol. The number of anilines is 3. The lowest BCUT2D eigenvalue weighted by molar-refractivity contribution is 0.278. The molecule has 1 unspecified atom stereocenters. The van der Waals surface area contributed by atoms with Crippen molar-refractivity contribution in [2.24, 2.45) is 0 Å². The van der Waals surface area contributed by atoms with E-state index < -0.39 is 0 Å². The lowest BCUT2D eigenvalue weighted by Gasteiger charge is -2.17. The molecule has 5 N–H and O–H groups in total. The first-order chi connectivity index (χ1) is 8.19. The second-order valence-corrected chi connectivity index (χ2v) is 3.79. The van der Waals surface area contributed by atoms with Gasteiger partial charge in [-0.05, 0) is 19.8 Å². The summed E-state index contributed by atoms with van der Waals surface area (Å²) in [4.78, 5) is 8.19. The Morgan fingerprint density at radius 2 is 2.06 bits per heavy atom. The van der Waals surface area contributed by atoms with Crippen LogP contribution >= 0.6 is 0 Å². The third-order valence-corrected chi connectivity index (χ3v) is 2.42. The van der Waals surface area contributed by atoms with Crippen molar-refractivity contribution < 1.29 is 5.11 Å². The summed E-state index contributed by atoms with van der Waals surface area (Å²) in [5.74, 6) is 1.64. The molecule has 0 spiro atoms. The summed E-state index contributed by atoms with van der Waals surface area (Å²) in [6.07, 6.45) is 1.61. The van der Waals surface area contributed by atoms with E-state index in [0.29, 0.717) is 18.1 Å². The Kier molecular flexibility index (Phi) is 5.48. The molecule has 1 rings (SSSR count). The van der Waals surface area contributed by atoms with E-state index in [2.05, 4.69) is 27.5 Å². The Hall–Kier alpha value is -1.56. The number of nitrogen functional groups attached to an aromatic ring is 1. The number of hydrogen-bond donors (Lipinski definition) is 4. The van der Waals surface area contributed by atoms with Crippen LogP contribution in [0.15, 0.2) is 6.07 Å². The van der Waals surface area contributed by atoms with E-state index in [1.807, 2.05) is 13.0 Å². The number of nitrogens with one attached hydrogen (secondary N) is 2. The van der Waals surface area contributed by atoms with Gasteiger partial charge in [0.25, 0.3) is 0 Å². The largest absolute Gasteiger partial charge is 0.396 e. The highest BCUT2D eigenvalue weighted by Gasteiger charge is 2.08. The monoisotopic (exact) mass is 239 g/mol. The van der Waals surface area contributed by atoms with Gasteiger partial charge in [-0.25, -0.2) is 0 Å². The van der Waals surface area contributed by atoms with Gasteiger partial charge in [0.2, 0.25) is 5.95 Å². The summed E-state index contributed by atoms with van der Waals surface area (Å²) in [5, 5.41) is 15.3. The lowest BCUT2D eigenvalue weighted by atomic mass is 10.1. The van der Waals surface area contributed by atoms with Crippen LogP contribution in [0.5, 0.6) is 0 Å². The van der Waals surface area contributed by atoms with Crippen molar-refractivity contribution >= 4 is 17.6 Å². The molecule has 0 bridgehead atoms. The standard InChI is InChI=1S/C11H21N5O/c1-3-8(5-6-17)14-10-7-9(13-4-2)15-11(12)16-10/h7-8,17H,3-6H2,1-2H3,(H4,12,13,14,15,16). The van der Waals surface area contributed by atoms with Gasteiger partial charge in [0.05, 0.1) is 0 Å². The summed E-state index contributed by atoms with van der Waals surface area (Å²) < 4.78 is 0. The molecule has 6 heteroatoms. The first kappa shape index (κ1) is 13.5. The van der Waals surface area contributed by atoms with Gasteiger partial charge in [-0.15, -0.1) is 0 Å². The number of aliphatic hydroxyl groups is 1. The maximum atomic E-state index is 8.93. The summed E-state index contributed by atoms with van der Waals surface area (Å²) >= 11 is 0. The number of nitrogens with two attached hydrogens (primary N) is 1. The molecule has 0 aliphatic carbocycles. The fourth-order valence-corrected chi connectivity index (χ4v) is 1.55. The smallest absolute Gasteiger partial charge is 0.223 e. The Morgan fingerprint density at radius 3 is 2.65 bits per heavy atom. The molecule has 0 amide bonds. The molecule has 0 aromatic carbocycles. The van der Waals surface area contributed by atoms with Crippen LogP contribution in [0, 0.1) is 0 Å². The van der Waals surface area contributed by atoms with Crippen LogP contribution in [-0.4, -0.2) is 34.3 Å². The summed E-state index contributed by atoms with van der Waals surface area (Å²) in [6, 6.07) is 2.02. The molecular formula is C11H21N5O. The molecule has 0 saturated heterocycles. The molecule has 96 valence electrons. The second kappa shape index (κ2) is 6.90. The quantitative estimate of drug-likeness (QED) is 0.568. The molecule has 1 atom stereocenters. The Labute approximate surface area is 102 Å². The first-order valence-corrected chi connectivity index (χ1v) is 5.95. The average molecular weight is 239 g/mol. The van der Waals surface area contributed by atoms with Crippen molar-refractivity contribution in [2.75, 3.05) is 29.5 Å². The number of rotatable bonds is 7. The molecule has 0 aliphatic rings. The van der Waals surface area contributed by atoms with E-state index in [1.165, 1.54) is 0 Å². The van der Waals surface area contributed by atoms with Gasteiger partial charge in [0, 0.05) is 25.3 Å². The van der Waals surface area contributed by atoms with Crippen molar-refractivity contribution in [3.63, 3.8) is 0 Å². The number of hydrogen-bond acceptors (Lipinski definition) is 6. The molecule has 17 heavy (non-hydrogen) atoms. The van der Waals surface area contributed by atoms with Gasteiger partial charge in [-0.3, -0.25) is 0 Å². The van der Waals surface area contributed by atoms with E-state index in [9.17, 15) is 0 Å². The highest BCUT2D eigenvalue weighted by atomic mass is 16.3. The van der Waals surface area contributed by atoms with Crippen LogP contribution in [0.2, 0.25) is 0 Å². The maximum Gasteiger partial charge on any atom is 0.223 e. The molecule has 0 saturated carbocycles. The number of aliphatic hydroxyl groups excluding tert-OH is 1. The highest BCUT2D eigenvalue weighted by molar-refractivity contribution is 5.51. The lowest BCUT2D eigenvalue weighted by Crippen LogP contribution is -2.21. The van der Waals surface area contributed by atoms with Gasteiger partial charge < -0.3 is 21.5 Å². The van der Waals surface area contributed by atoms with Crippen LogP contribution in [0.4, 0.5) is 17.6 Å². The van der Waals surface area contributed by atoms with E-state index in [0.717, 1.165) is 13.0 Å². The average Bonchev–Trinajstić information content (AvgIpc) is 2.28. The zero-order valence-corrected chi connectivity index (χ0v) is 10.4. The maximum absolute atomic E-state index is 8.93. The molecular weight excluding hydrogens is 218 g/mol. The van der Waals surface area contributed by atoms with Crippen molar-refractivity contribution in [2.45, 2.75) is 32.7 Å². The fraction of sp³-hybridized carbons (Fsp3) is 0.636. The van der Waals surface area contributed by atoms with Crippen LogP contribution in [-0.2, 0) is 0 Å². The highest BCUT2D eigenvalue weighted by Crippen LogP contribution is 2.14. The zero-order chi connectivity index (χ0) is 12.7. The summed E-state index contributed by atoms with van der Waals surface area (Å²) in [6.45, 7) is 4.99. The van der Waals surface area contributed by atoms with Crippen LogP contribution in [0.1, 0.15) is 26.7 Å². The molecule has 1 aromatic heterocycles. The van der Waals surface area contributed by atoms with E-state index in [1.54, 1.807) is 0 Å². The third-order valence-electron chi connectivity index (χ3n) is 2.42. The van der Waals surface area contributed by atoms with E-state index in [-0.39, 0.29) is 18.6 Å².